The third-order valence-electron chi connectivity index (χ3n) is 5.69. The van der Waals surface area contributed by atoms with Crippen molar-refractivity contribution in [2.24, 2.45) is 0 Å². The molecule has 1 unspecified atom stereocenters. The molecule has 1 atom stereocenters. The normalized spacial score (nSPS) is 12.8. The van der Waals surface area contributed by atoms with Gasteiger partial charge in [0.05, 0.1) is 5.69 Å². The maximum atomic E-state index is 12.5. The number of benzene rings is 3. The van der Waals surface area contributed by atoms with Gasteiger partial charge in [-0.05, 0) is 81.8 Å². The van der Waals surface area contributed by atoms with Crippen LogP contribution in [-0.2, 0) is 5.41 Å². The van der Waals surface area contributed by atoms with Crippen LogP contribution in [0, 0.1) is 0 Å². The van der Waals surface area contributed by atoms with Crippen LogP contribution in [0.3, 0.4) is 0 Å². The molecule has 0 saturated carbocycles. The number of anilines is 1. The number of fused-ring (bicyclic) bond motifs is 1. The number of hydrogen-bond acceptors (Lipinski definition) is 3. The van der Waals surface area contributed by atoms with E-state index in [2.05, 4.69) is 91.5 Å². The highest BCUT2D eigenvalue weighted by Gasteiger charge is 2.17. The van der Waals surface area contributed by atoms with Gasteiger partial charge in [-0.2, -0.15) is 0 Å². The lowest BCUT2D eigenvalue weighted by Crippen LogP contribution is -2.27. The van der Waals surface area contributed by atoms with Gasteiger partial charge < -0.3 is 4.72 Å². The zero-order valence-corrected chi connectivity index (χ0v) is 20.4. The first-order valence-corrected chi connectivity index (χ1v) is 12.6. The molecule has 0 amide bonds. The van der Waals surface area contributed by atoms with Crippen LogP contribution in [0.15, 0.2) is 76.4 Å². The van der Waals surface area contributed by atoms with Gasteiger partial charge in [-0.3, -0.25) is 14.3 Å². The van der Waals surface area contributed by atoms with Crippen LogP contribution in [0.4, 0.5) is 5.69 Å². The summed E-state index contributed by atoms with van der Waals surface area (Å²) in [6.45, 7) is 8.51. The van der Waals surface area contributed by atoms with Gasteiger partial charge in [0.25, 0.3) is 5.56 Å². The fourth-order valence-corrected chi connectivity index (χ4v) is 4.32. The third-order valence-corrected chi connectivity index (χ3v) is 6.96. The van der Waals surface area contributed by atoms with Gasteiger partial charge in [0.2, 0.25) is 0 Å². The van der Waals surface area contributed by atoms with Crippen molar-refractivity contribution in [1.29, 1.82) is 0 Å². The highest BCUT2D eigenvalue weighted by molar-refractivity contribution is 8.15. The lowest BCUT2D eigenvalue weighted by molar-refractivity contribution is 0.590. The summed E-state index contributed by atoms with van der Waals surface area (Å²) >= 11 is 0. The fraction of sp³-hybridized carbons (Fsp3) is 0.222. The Balaban J connectivity index is 1.84. The van der Waals surface area contributed by atoms with Crippen LogP contribution in [0.5, 0.6) is 0 Å². The highest BCUT2D eigenvalue weighted by atomic mass is 32.2. The first kappa shape index (κ1) is 22.8. The van der Waals surface area contributed by atoms with E-state index in [4.69, 9.17) is 0 Å². The Kier molecular flexibility index (Phi) is 6.13. The molecule has 0 aliphatic heterocycles. The number of nitrogens with zero attached hydrogens (tertiary/aromatic N) is 1. The summed E-state index contributed by atoms with van der Waals surface area (Å²) in [7, 11) is 0.0344. The van der Waals surface area contributed by atoms with E-state index in [9.17, 15) is 9.59 Å². The van der Waals surface area contributed by atoms with Gasteiger partial charge in [-0.25, -0.2) is 4.79 Å². The summed E-state index contributed by atoms with van der Waals surface area (Å²) in [4.78, 5) is 26.3. The van der Waals surface area contributed by atoms with Crippen LogP contribution in [0.25, 0.3) is 27.6 Å². The average Bonchev–Trinajstić information content (AvgIpc) is 2.77. The second-order valence-electron chi connectivity index (χ2n) is 9.17. The van der Waals surface area contributed by atoms with Gasteiger partial charge in [0.15, 0.2) is 0 Å². The summed E-state index contributed by atoms with van der Waals surface area (Å²) in [5.41, 5.74) is 4.08. The molecule has 33 heavy (non-hydrogen) atoms. The van der Waals surface area contributed by atoms with Crippen molar-refractivity contribution >= 4 is 32.5 Å². The number of rotatable bonds is 4. The molecular weight excluding hydrogens is 430 g/mol. The summed E-state index contributed by atoms with van der Waals surface area (Å²) < 4.78 is 4.98. The minimum atomic E-state index is -0.447. The summed E-state index contributed by atoms with van der Waals surface area (Å²) in [6.07, 6.45) is 3.68. The van der Waals surface area contributed by atoms with E-state index in [1.165, 1.54) is 22.2 Å². The maximum absolute atomic E-state index is 12.5. The fourth-order valence-electron chi connectivity index (χ4n) is 3.70. The zero-order chi connectivity index (χ0) is 23.8. The Labute approximate surface area is 196 Å². The molecule has 3 aromatic carbocycles. The maximum Gasteiger partial charge on any atom is 0.332 e. The Morgan fingerprint density at radius 2 is 1.64 bits per heavy atom. The lowest BCUT2D eigenvalue weighted by atomic mass is 9.84. The second kappa shape index (κ2) is 8.87. The lowest BCUT2D eigenvalue weighted by Gasteiger charge is -2.22. The van der Waals surface area contributed by atoms with Gasteiger partial charge in [0, 0.05) is 18.0 Å². The average molecular weight is 460 g/mol. The number of hydrogen-bond donors (Lipinski definition) is 2. The molecule has 0 radical (unpaired) electrons. The van der Waals surface area contributed by atoms with E-state index >= 15 is 0 Å². The van der Waals surface area contributed by atoms with Crippen LogP contribution in [0.2, 0.25) is 0 Å². The quantitative estimate of drug-likeness (QED) is 0.385. The van der Waals surface area contributed by atoms with Crippen LogP contribution in [0.1, 0.15) is 33.3 Å². The topological polar surface area (TPSA) is 66.9 Å². The largest absolute Gasteiger partial charge is 0.336 e. The zero-order valence-electron chi connectivity index (χ0n) is 19.6. The first-order valence-electron chi connectivity index (χ1n) is 10.9. The van der Waals surface area contributed by atoms with Crippen LogP contribution < -0.4 is 16.0 Å². The van der Waals surface area contributed by atoms with Gasteiger partial charge in [-0.1, -0.05) is 45.0 Å². The summed E-state index contributed by atoms with van der Waals surface area (Å²) in [5.74, 6) is 0. The monoisotopic (exact) mass is 459 g/mol. The summed E-state index contributed by atoms with van der Waals surface area (Å²) in [5, 5.41) is 4.47. The molecule has 4 rings (SSSR count). The van der Waals surface area contributed by atoms with E-state index < -0.39 is 11.2 Å². The van der Waals surface area contributed by atoms with Gasteiger partial charge in [-0.15, -0.1) is 10.7 Å². The molecule has 2 N–H and O–H groups in total. The Hall–Kier alpha value is -3.38. The van der Waals surface area contributed by atoms with E-state index in [1.807, 2.05) is 12.1 Å². The van der Waals surface area contributed by atoms with E-state index in [0.717, 1.165) is 33.5 Å². The molecule has 1 aromatic heterocycles. The molecule has 0 fully saturated rings. The van der Waals surface area contributed by atoms with Gasteiger partial charge >= 0.3 is 5.69 Å². The SMILES string of the molecule is C/C=S(/C)Nc1ccc2cc(-c3cc(-n4ccc(=O)[nH]c4=O)cc(C(C)(C)C)c3)ccc2c1. The van der Waals surface area contributed by atoms with Crippen molar-refractivity contribution < 1.29 is 0 Å². The minimum absolute atomic E-state index is 0.0344. The van der Waals surface area contributed by atoms with Crippen molar-refractivity contribution in [1.82, 2.24) is 9.55 Å². The van der Waals surface area contributed by atoms with Gasteiger partial charge in [0.1, 0.15) is 0 Å². The molecule has 0 saturated heterocycles. The molecule has 1 heterocycles. The molecule has 6 heteroatoms. The predicted molar refractivity (Wildman–Crippen MR) is 143 cm³/mol. The highest BCUT2D eigenvalue weighted by Crippen LogP contribution is 2.32. The first-order chi connectivity index (χ1) is 15.6. The Morgan fingerprint density at radius 1 is 0.909 bits per heavy atom. The molecule has 5 nitrogen and oxygen atoms in total. The Morgan fingerprint density at radius 3 is 2.33 bits per heavy atom. The molecular formula is C27H29N3O2S. The van der Waals surface area contributed by atoms with Crippen molar-refractivity contribution in [3.63, 3.8) is 0 Å². The van der Waals surface area contributed by atoms with Crippen LogP contribution >= 0.6 is 10.7 Å². The molecule has 0 aliphatic carbocycles. The molecule has 4 aromatic rings. The minimum Gasteiger partial charge on any atom is -0.336 e. The Bertz CT molecular complexity index is 1490. The second-order valence-corrected chi connectivity index (χ2v) is 11.0. The predicted octanol–water partition coefficient (Wildman–Crippen LogP) is 5.69. The summed E-state index contributed by atoms with van der Waals surface area (Å²) in [6, 6.07) is 20.4. The van der Waals surface area contributed by atoms with E-state index in [-0.39, 0.29) is 16.1 Å². The molecule has 0 bridgehead atoms. The van der Waals surface area contributed by atoms with Crippen molar-refractivity contribution in [3.8, 4) is 16.8 Å². The molecule has 170 valence electrons. The number of aromatic amines is 1. The smallest absolute Gasteiger partial charge is 0.332 e. The van der Waals surface area contributed by atoms with Crippen molar-refractivity contribution in [2.45, 2.75) is 33.1 Å². The standard InChI is InChI=1S/C27H29N3O2S/c1-6-33(5)29-23-10-9-18-13-19(7-8-20(18)15-23)21-14-22(27(2,3)4)17-24(16-21)30-12-11-25(31)28-26(30)32/h6-17,29H,1-5H3,(H,28,31,32). The van der Waals surface area contributed by atoms with E-state index in [0.29, 0.717) is 0 Å². The number of nitrogens with one attached hydrogen (secondary N) is 2. The number of H-pyrrole nitrogens is 1. The molecule has 0 spiro atoms. The van der Waals surface area contributed by atoms with Crippen molar-refractivity contribution in [3.05, 3.63) is 93.3 Å². The number of aromatic nitrogens is 2. The molecule has 0 aliphatic rings. The van der Waals surface area contributed by atoms with E-state index in [1.54, 1.807) is 0 Å². The third kappa shape index (κ3) is 5.01. The van der Waals surface area contributed by atoms with Crippen molar-refractivity contribution in [2.75, 3.05) is 11.0 Å². The van der Waals surface area contributed by atoms with Crippen LogP contribution in [-0.4, -0.2) is 21.2 Å².